The maximum absolute atomic E-state index is 12.3. The first-order chi connectivity index (χ1) is 8.99. The van der Waals surface area contributed by atoms with Crippen LogP contribution in [0, 0.1) is 0 Å². The van der Waals surface area contributed by atoms with Crippen LogP contribution in [0.3, 0.4) is 0 Å². The molecule has 1 aromatic heterocycles. The molecule has 4 nitrogen and oxygen atoms in total. The summed E-state index contributed by atoms with van der Waals surface area (Å²) in [5.41, 5.74) is 0.644. The largest absolute Gasteiger partial charge is 0.396 e. The van der Waals surface area contributed by atoms with Gasteiger partial charge >= 0.3 is 0 Å². The van der Waals surface area contributed by atoms with Gasteiger partial charge in [-0.1, -0.05) is 0 Å². The van der Waals surface area contributed by atoms with Gasteiger partial charge in [0, 0.05) is 35.1 Å². The standard InChI is InChI=1S/C13H21BrN2O2S/c1-9(2)16-7-10(14)6-12(16)13(18)15-11(4-5-17)8-19-3/h6-7,9,11,17H,4-5,8H2,1-3H3,(H,15,18). The molecule has 1 atom stereocenters. The number of halogens is 1. The Morgan fingerprint density at radius 3 is 2.79 bits per heavy atom. The molecule has 1 rings (SSSR count). The van der Waals surface area contributed by atoms with Crippen LogP contribution in [0.2, 0.25) is 0 Å². The molecule has 0 fully saturated rings. The summed E-state index contributed by atoms with van der Waals surface area (Å²) in [5, 5.41) is 12.0. The first-order valence-electron chi connectivity index (χ1n) is 6.27. The van der Waals surface area contributed by atoms with Gasteiger partial charge in [0.1, 0.15) is 5.69 Å². The van der Waals surface area contributed by atoms with E-state index in [4.69, 9.17) is 5.11 Å². The monoisotopic (exact) mass is 348 g/mol. The van der Waals surface area contributed by atoms with Crippen molar-refractivity contribution in [3.8, 4) is 0 Å². The summed E-state index contributed by atoms with van der Waals surface area (Å²) in [4.78, 5) is 12.3. The van der Waals surface area contributed by atoms with Crippen LogP contribution in [-0.2, 0) is 0 Å². The fourth-order valence-corrected chi connectivity index (χ4v) is 2.96. The number of carbonyl (C=O) groups excluding carboxylic acids is 1. The van der Waals surface area contributed by atoms with Crippen molar-refractivity contribution >= 4 is 33.6 Å². The SMILES string of the molecule is CSCC(CCO)NC(=O)c1cc(Br)cn1C(C)C. The summed E-state index contributed by atoms with van der Waals surface area (Å²) in [6, 6.07) is 2.05. The van der Waals surface area contributed by atoms with E-state index in [0.717, 1.165) is 10.2 Å². The van der Waals surface area contributed by atoms with Gasteiger partial charge in [0.2, 0.25) is 0 Å². The lowest BCUT2D eigenvalue weighted by Gasteiger charge is -2.18. The van der Waals surface area contributed by atoms with Crippen molar-refractivity contribution in [3.63, 3.8) is 0 Å². The minimum atomic E-state index is -0.0908. The lowest BCUT2D eigenvalue weighted by molar-refractivity contribution is 0.0924. The number of nitrogens with one attached hydrogen (secondary N) is 1. The molecule has 1 amide bonds. The molecular formula is C13H21BrN2O2S. The lowest BCUT2D eigenvalue weighted by atomic mass is 10.2. The van der Waals surface area contributed by atoms with Crippen LogP contribution in [-0.4, -0.2) is 40.2 Å². The minimum absolute atomic E-state index is 0.00166. The number of carbonyl (C=O) groups is 1. The summed E-state index contributed by atoms with van der Waals surface area (Å²) in [6.07, 6.45) is 4.48. The summed E-state index contributed by atoms with van der Waals surface area (Å²) in [5.74, 6) is 0.711. The molecule has 0 bridgehead atoms. The Morgan fingerprint density at radius 1 is 1.58 bits per heavy atom. The number of aromatic nitrogens is 1. The molecule has 0 aliphatic rings. The number of thioether (sulfide) groups is 1. The van der Waals surface area contributed by atoms with Crippen LogP contribution < -0.4 is 5.32 Å². The molecule has 0 aliphatic heterocycles. The van der Waals surface area contributed by atoms with Gasteiger partial charge in [-0.2, -0.15) is 11.8 Å². The molecule has 0 saturated heterocycles. The molecule has 2 N–H and O–H groups in total. The van der Waals surface area contributed by atoms with Crippen LogP contribution >= 0.6 is 27.7 Å². The highest BCUT2D eigenvalue weighted by Gasteiger charge is 2.18. The molecule has 0 saturated carbocycles. The van der Waals surface area contributed by atoms with E-state index in [-0.39, 0.29) is 24.6 Å². The molecule has 1 aromatic rings. The maximum Gasteiger partial charge on any atom is 0.268 e. The van der Waals surface area contributed by atoms with Gasteiger partial charge < -0.3 is 15.0 Å². The van der Waals surface area contributed by atoms with Crippen molar-refractivity contribution < 1.29 is 9.90 Å². The molecule has 19 heavy (non-hydrogen) atoms. The number of rotatable bonds is 7. The lowest BCUT2D eigenvalue weighted by Crippen LogP contribution is -2.38. The molecule has 1 unspecified atom stereocenters. The van der Waals surface area contributed by atoms with E-state index < -0.39 is 0 Å². The van der Waals surface area contributed by atoms with E-state index in [1.165, 1.54) is 0 Å². The molecule has 0 radical (unpaired) electrons. The second-order valence-electron chi connectivity index (χ2n) is 4.68. The zero-order chi connectivity index (χ0) is 14.4. The third kappa shape index (κ3) is 4.85. The average molecular weight is 349 g/mol. The van der Waals surface area contributed by atoms with Gasteiger partial charge in [-0.3, -0.25) is 4.79 Å². The highest BCUT2D eigenvalue weighted by atomic mass is 79.9. The first-order valence-corrected chi connectivity index (χ1v) is 8.46. The van der Waals surface area contributed by atoms with Crippen LogP contribution in [0.5, 0.6) is 0 Å². The van der Waals surface area contributed by atoms with Crippen LogP contribution in [0.25, 0.3) is 0 Å². The van der Waals surface area contributed by atoms with Crippen molar-refractivity contribution in [2.45, 2.75) is 32.4 Å². The predicted octanol–water partition coefficient (Wildman–Crippen LogP) is 2.68. The Balaban J connectivity index is 2.81. The van der Waals surface area contributed by atoms with Crippen molar-refractivity contribution in [1.82, 2.24) is 9.88 Å². The first kappa shape index (κ1) is 16.6. The zero-order valence-electron chi connectivity index (χ0n) is 11.5. The van der Waals surface area contributed by atoms with Gasteiger partial charge in [-0.15, -0.1) is 0 Å². The fraction of sp³-hybridized carbons (Fsp3) is 0.615. The van der Waals surface area contributed by atoms with Crippen molar-refractivity contribution in [2.24, 2.45) is 0 Å². The van der Waals surface area contributed by atoms with Gasteiger partial charge in [0.05, 0.1) is 0 Å². The molecule has 6 heteroatoms. The molecule has 0 aromatic carbocycles. The van der Waals surface area contributed by atoms with E-state index in [2.05, 4.69) is 21.2 Å². The fourth-order valence-electron chi connectivity index (χ4n) is 1.87. The zero-order valence-corrected chi connectivity index (χ0v) is 13.9. The number of aliphatic hydroxyl groups is 1. The van der Waals surface area contributed by atoms with E-state index in [1.807, 2.05) is 36.9 Å². The van der Waals surface area contributed by atoms with E-state index in [9.17, 15) is 4.79 Å². The average Bonchev–Trinajstić information content (AvgIpc) is 2.72. The van der Waals surface area contributed by atoms with E-state index in [1.54, 1.807) is 11.8 Å². The van der Waals surface area contributed by atoms with Crippen LogP contribution in [0.4, 0.5) is 0 Å². The number of hydrogen-bond acceptors (Lipinski definition) is 3. The Bertz CT molecular complexity index is 415. The Morgan fingerprint density at radius 2 is 2.26 bits per heavy atom. The summed E-state index contributed by atoms with van der Waals surface area (Å²) in [7, 11) is 0. The topological polar surface area (TPSA) is 54.3 Å². The van der Waals surface area contributed by atoms with Crippen LogP contribution in [0.1, 0.15) is 36.8 Å². The minimum Gasteiger partial charge on any atom is -0.396 e. The summed E-state index contributed by atoms with van der Waals surface area (Å²) >= 11 is 5.06. The number of amides is 1. The molecule has 0 spiro atoms. The van der Waals surface area contributed by atoms with Gasteiger partial charge in [0.15, 0.2) is 0 Å². The molecule has 1 heterocycles. The van der Waals surface area contributed by atoms with Crippen molar-refractivity contribution in [3.05, 3.63) is 22.4 Å². The van der Waals surface area contributed by atoms with Crippen molar-refractivity contribution in [1.29, 1.82) is 0 Å². The highest BCUT2D eigenvalue weighted by molar-refractivity contribution is 9.10. The second kappa shape index (κ2) is 7.97. The van der Waals surface area contributed by atoms with E-state index >= 15 is 0 Å². The summed E-state index contributed by atoms with van der Waals surface area (Å²) in [6.45, 7) is 4.16. The normalized spacial score (nSPS) is 12.7. The Labute approximate surface area is 127 Å². The predicted molar refractivity (Wildman–Crippen MR) is 83.9 cm³/mol. The Kier molecular flexibility index (Phi) is 6.96. The highest BCUT2D eigenvalue weighted by Crippen LogP contribution is 2.19. The second-order valence-corrected chi connectivity index (χ2v) is 6.51. The number of aliphatic hydroxyl groups excluding tert-OH is 1. The molecule has 108 valence electrons. The number of hydrogen-bond donors (Lipinski definition) is 2. The van der Waals surface area contributed by atoms with Gasteiger partial charge in [0.25, 0.3) is 5.91 Å². The van der Waals surface area contributed by atoms with Gasteiger partial charge in [-0.25, -0.2) is 0 Å². The van der Waals surface area contributed by atoms with E-state index in [0.29, 0.717) is 12.1 Å². The summed E-state index contributed by atoms with van der Waals surface area (Å²) < 4.78 is 2.84. The quantitative estimate of drug-likeness (QED) is 0.796. The van der Waals surface area contributed by atoms with Crippen LogP contribution in [0.15, 0.2) is 16.7 Å². The third-order valence-electron chi connectivity index (χ3n) is 2.78. The molecular weight excluding hydrogens is 328 g/mol. The molecule has 0 aliphatic carbocycles. The Hall–Kier alpha value is -0.460. The maximum atomic E-state index is 12.3. The van der Waals surface area contributed by atoms with Crippen molar-refractivity contribution in [2.75, 3.05) is 18.6 Å². The number of nitrogens with zero attached hydrogens (tertiary/aromatic N) is 1. The van der Waals surface area contributed by atoms with Gasteiger partial charge in [-0.05, 0) is 48.5 Å². The smallest absolute Gasteiger partial charge is 0.268 e. The third-order valence-corrected chi connectivity index (χ3v) is 3.95.